The number of rotatable bonds is 7. The lowest BCUT2D eigenvalue weighted by Crippen LogP contribution is -2.50. The molecule has 148 valence electrons. The second-order valence-electron chi connectivity index (χ2n) is 6.62. The second kappa shape index (κ2) is 9.66. The summed E-state index contributed by atoms with van der Waals surface area (Å²) in [5.74, 6) is 1.02. The van der Waals surface area contributed by atoms with Gasteiger partial charge < -0.3 is 10.6 Å². The van der Waals surface area contributed by atoms with Gasteiger partial charge in [-0.1, -0.05) is 6.92 Å². The smallest absolute Gasteiger partial charge is 0.214 e. The van der Waals surface area contributed by atoms with Crippen LogP contribution in [-0.4, -0.2) is 62.1 Å². The highest BCUT2D eigenvalue weighted by atomic mass is 32.2. The Morgan fingerprint density at radius 1 is 1.35 bits per heavy atom. The van der Waals surface area contributed by atoms with Crippen molar-refractivity contribution in [1.82, 2.24) is 19.9 Å². The molecule has 7 nitrogen and oxygen atoms in total. The van der Waals surface area contributed by atoms with Crippen LogP contribution in [0.15, 0.2) is 4.99 Å². The average Bonchev–Trinajstić information content (AvgIpc) is 2.92. The summed E-state index contributed by atoms with van der Waals surface area (Å²) < 4.78 is 25.9. The number of aromatic nitrogens is 1. The van der Waals surface area contributed by atoms with Crippen molar-refractivity contribution in [1.29, 1.82) is 0 Å². The molecule has 2 N–H and O–H groups in total. The number of nitrogens with one attached hydrogen (secondary N) is 2. The number of aliphatic imine (C=N–C) groups is 1. The van der Waals surface area contributed by atoms with Crippen LogP contribution in [0.5, 0.6) is 0 Å². The monoisotopic (exact) mass is 401 g/mol. The summed E-state index contributed by atoms with van der Waals surface area (Å²) in [6.07, 6.45) is 3.19. The van der Waals surface area contributed by atoms with Crippen molar-refractivity contribution in [3.63, 3.8) is 0 Å². The first-order valence-electron chi connectivity index (χ1n) is 9.23. The topological polar surface area (TPSA) is 86.7 Å². The van der Waals surface area contributed by atoms with Gasteiger partial charge in [0.15, 0.2) is 5.96 Å². The van der Waals surface area contributed by atoms with Gasteiger partial charge in [-0.05, 0) is 33.1 Å². The fraction of sp³-hybridized carbons (Fsp3) is 0.765. The summed E-state index contributed by atoms with van der Waals surface area (Å²) in [6.45, 7) is 7.93. The molecule has 0 aromatic carbocycles. The summed E-state index contributed by atoms with van der Waals surface area (Å²) in [5.41, 5.74) is 1.11. The number of hydrogen-bond donors (Lipinski definition) is 2. The van der Waals surface area contributed by atoms with Gasteiger partial charge in [-0.25, -0.2) is 17.7 Å². The largest absolute Gasteiger partial charge is 0.356 e. The van der Waals surface area contributed by atoms with Gasteiger partial charge in [0.25, 0.3) is 0 Å². The Morgan fingerprint density at radius 2 is 2.04 bits per heavy atom. The van der Waals surface area contributed by atoms with Crippen molar-refractivity contribution in [2.45, 2.75) is 52.5 Å². The van der Waals surface area contributed by atoms with E-state index in [0.717, 1.165) is 42.5 Å². The van der Waals surface area contributed by atoms with E-state index in [-0.39, 0.29) is 11.8 Å². The first-order valence-corrected chi connectivity index (χ1v) is 11.7. The molecule has 1 aromatic rings. The third kappa shape index (κ3) is 5.92. The van der Waals surface area contributed by atoms with Gasteiger partial charge in [0.2, 0.25) is 10.0 Å². The molecule has 0 amide bonds. The highest BCUT2D eigenvalue weighted by molar-refractivity contribution is 7.89. The van der Waals surface area contributed by atoms with Gasteiger partial charge in [0.1, 0.15) is 0 Å². The molecule has 0 atom stereocenters. The number of nitrogens with zero attached hydrogens (tertiary/aromatic N) is 3. The van der Waals surface area contributed by atoms with Crippen LogP contribution in [0.4, 0.5) is 0 Å². The maximum Gasteiger partial charge on any atom is 0.214 e. The second-order valence-corrected chi connectivity index (χ2v) is 10.0. The summed E-state index contributed by atoms with van der Waals surface area (Å²) in [5, 5.41) is 7.87. The fourth-order valence-electron chi connectivity index (χ4n) is 3.15. The Bertz CT molecular complexity index is 707. The quantitative estimate of drug-likeness (QED) is 0.536. The van der Waals surface area contributed by atoms with Crippen LogP contribution in [0.2, 0.25) is 0 Å². The molecule has 0 unspecified atom stereocenters. The van der Waals surface area contributed by atoms with Crippen LogP contribution in [0.3, 0.4) is 0 Å². The van der Waals surface area contributed by atoms with Crippen molar-refractivity contribution in [2.75, 3.05) is 32.4 Å². The standard InChI is InChI=1S/C17H31N5O2S2/c1-5-12-26(23,24)22-10-7-15(8-11-22)21-17(18-4)19-9-6-16-13(2)20-14(3)25-16/h15H,5-12H2,1-4H3,(H2,18,19,21). The molecule has 0 spiro atoms. The number of piperidine rings is 1. The van der Waals surface area contributed by atoms with E-state index < -0.39 is 10.0 Å². The van der Waals surface area contributed by atoms with E-state index in [1.165, 1.54) is 4.88 Å². The van der Waals surface area contributed by atoms with Crippen LogP contribution in [0.25, 0.3) is 0 Å². The first kappa shape index (κ1) is 21.1. The van der Waals surface area contributed by atoms with Crippen LogP contribution in [0, 0.1) is 13.8 Å². The molecule has 1 aromatic heterocycles. The number of aryl methyl sites for hydroxylation is 2. The Kier molecular flexibility index (Phi) is 7.85. The predicted octanol–water partition coefficient (Wildman–Crippen LogP) is 1.67. The van der Waals surface area contributed by atoms with Gasteiger partial charge in [-0.15, -0.1) is 11.3 Å². The number of thiazole rings is 1. The van der Waals surface area contributed by atoms with Gasteiger partial charge in [-0.2, -0.15) is 0 Å². The molecule has 2 heterocycles. The Balaban J connectivity index is 1.76. The Labute approximate surface area is 161 Å². The molecular formula is C17H31N5O2S2. The Morgan fingerprint density at radius 3 is 2.58 bits per heavy atom. The summed E-state index contributed by atoms with van der Waals surface area (Å²) in [7, 11) is -1.32. The van der Waals surface area contributed by atoms with Crippen LogP contribution >= 0.6 is 11.3 Å². The van der Waals surface area contributed by atoms with E-state index in [1.807, 2.05) is 20.8 Å². The van der Waals surface area contributed by atoms with Crippen molar-refractivity contribution in [3.05, 3.63) is 15.6 Å². The minimum atomic E-state index is -3.08. The van der Waals surface area contributed by atoms with Gasteiger partial charge in [-0.3, -0.25) is 4.99 Å². The molecule has 0 radical (unpaired) electrons. The molecule has 1 aliphatic heterocycles. The maximum atomic E-state index is 12.1. The van der Waals surface area contributed by atoms with E-state index in [2.05, 4.69) is 20.6 Å². The molecule has 9 heteroatoms. The average molecular weight is 402 g/mol. The minimum Gasteiger partial charge on any atom is -0.356 e. The SMILES string of the molecule is CCCS(=O)(=O)N1CCC(NC(=NC)NCCc2sc(C)nc2C)CC1. The highest BCUT2D eigenvalue weighted by Gasteiger charge is 2.27. The molecule has 0 bridgehead atoms. The molecule has 26 heavy (non-hydrogen) atoms. The number of hydrogen-bond acceptors (Lipinski definition) is 5. The molecule has 2 rings (SSSR count). The van der Waals surface area contributed by atoms with Crippen LogP contribution < -0.4 is 10.6 Å². The van der Waals surface area contributed by atoms with E-state index >= 15 is 0 Å². The lowest BCUT2D eigenvalue weighted by atomic mass is 10.1. The van der Waals surface area contributed by atoms with E-state index in [4.69, 9.17) is 0 Å². The van der Waals surface area contributed by atoms with Crippen molar-refractivity contribution < 1.29 is 8.42 Å². The zero-order valence-corrected chi connectivity index (χ0v) is 17.8. The van der Waals surface area contributed by atoms with E-state index in [0.29, 0.717) is 19.5 Å². The summed E-state index contributed by atoms with van der Waals surface area (Å²) in [6, 6.07) is 0.252. The third-order valence-corrected chi connectivity index (χ3v) is 7.73. The normalized spacial score (nSPS) is 17.5. The molecule has 1 saturated heterocycles. The first-order chi connectivity index (χ1) is 12.4. The molecular weight excluding hydrogens is 370 g/mol. The van der Waals surface area contributed by atoms with Gasteiger partial charge >= 0.3 is 0 Å². The van der Waals surface area contributed by atoms with Gasteiger partial charge in [0, 0.05) is 44.0 Å². The third-order valence-electron chi connectivity index (χ3n) is 4.52. The highest BCUT2D eigenvalue weighted by Crippen LogP contribution is 2.17. The molecule has 1 aliphatic rings. The van der Waals surface area contributed by atoms with Crippen molar-refractivity contribution in [2.24, 2.45) is 4.99 Å². The van der Waals surface area contributed by atoms with Gasteiger partial charge in [0.05, 0.1) is 16.5 Å². The van der Waals surface area contributed by atoms with E-state index in [1.54, 1.807) is 22.7 Å². The van der Waals surface area contributed by atoms with Crippen molar-refractivity contribution in [3.8, 4) is 0 Å². The maximum absolute atomic E-state index is 12.1. The van der Waals surface area contributed by atoms with Crippen LogP contribution in [-0.2, 0) is 16.4 Å². The summed E-state index contributed by atoms with van der Waals surface area (Å²) in [4.78, 5) is 10.0. The van der Waals surface area contributed by atoms with Crippen LogP contribution in [0.1, 0.15) is 41.8 Å². The lowest BCUT2D eigenvalue weighted by molar-refractivity contribution is 0.306. The minimum absolute atomic E-state index is 0.241. The predicted molar refractivity (Wildman–Crippen MR) is 108 cm³/mol. The number of sulfonamides is 1. The fourth-order valence-corrected chi connectivity index (χ4v) is 5.63. The molecule has 0 aliphatic carbocycles. The number of guanidine groups is 1. The zero-order chi connectivity index (χ0) is 19.2. The summed E-state index contributed by atoms with van der Waals surface area (Å²) >= 11 is 1.74. The Hall–Kier alpha value is -1.19. The van der Waals surface area contributed by atoms with Crippen molar-refractivity contribution >= 4 is 27.3 Å². The molecule has 0 saturated carbocycles. The zero-order valence-electron chi connectivity index (χ0n) is 16.2. The van der Waals surface area contributed by atoms with E-state index in [9.17, 15) is 8.42 Å². The lowest BCUT2D eigenvalue weighted by Gasteiger charge is -2.32. The molecule has 1 fully saturated rings.